The van der Waals surface area contributed by atoms with Gasteiger partial charge in [-0.1, -0.05) is 34.6 Å². The number of carbonyl (C=O) groups excluding carboxylic acids is 1. The van der Waals surface area contributed by atoms with Gasteiger partial charge in [0.2, 0.25) is 0 Å². The second-order valence-electron chi connectivity index (χ2n) is 7.50. The second kappa shape index (κ2) is 3.58. The Hall–Kier alpha value is -0.330. The summed E-state index contributed by atoms with van der Waals surface area (Å²) in [5, 5.41) is 0. The summed E-state index contributed by atoms with van der Waals surface area (Å²) in [5.41, 5.74) is 0.811. The molecule has 0 unspecified atom stereocenters. The summed E-state index contributed by atoms with van der Waals surface area (Å²) >= 11 is 0. The Bertz CT molecular complexity index is 301. The molecule has 0 N–H and O–H groups in total. The minimum atomic E-state index is 0.300. The summed E-state index contributed by atoms with van der Waals surface area (Å²) in [6.45, 7) is 11.7. The maximum absolute atomic E-state index is 11.9. The zero-order valence-corrected chi connectivity index (χ0v) is 11.5. The van der Waals surface area contributed by atoms with E-state index in [2.05, 4.69) is 34.6 Å². The molecular formula is C15H26O. The highest BCUT2D eigenvalue weighted by molar-refractivity contribution is 5.81. The second-order valence-corrected chi connectivity index (χ2v) is 7.50. The Morgan fingerprint density at radius 2 is 1.50 bits per heavy atom. The Kier molecular flexibility index (Phi) is 2.72. The van der Waals surface area contributed by atoms with Gasteiger partial charge < -0.3 is 0 Å². The molecule has 0 saturated heterocycles. The van der Waals surface area contributed by atoms with E-state index in [-0.39, 0.29) is 0 Å². The Balaban J connectivity index is 2.29. The van der Waals surface area contributed by atoms with Crippen LogP contribution in [-0.4, -0.2) is 5.78 Å². The van der Waals surface area contributed by atoms with Gasteiger partial charge in [0, 0.05) is 12.3 Å². The van der Waals surface area contributed by atoms with E-state index < -0.39 is 0 Å². The maximum atomic E-state index is 11.9. The van der Waals surface area contributed by atoms with E-state index >= 15 is 0 Å². The molecule has 2 fully saturated rings. The van der Waals surface area contributed by atoms with Crippen LogP contribution in [0.4, 0.5) is 0 Å². The lowest BCUT2D eigenvalue weighted by Crippen LogP contribution is -2.49. The first-order chi connectivity index (χ1) is 7.24. The van der Waals surface area contributed by atoms with Crippen molar-refractivity contribution in [3.05, 3.63) is 0 Å². The monoisotopic (exact) mass is 222 g/mol. The van der Waals surface area contributed by atoms with Crippen molar-refractivity contribution < 1.29 is 4.79 Å². The van der Waals surface area contributed by atoms with Crippen LogP contribution in [0.3, 0.4) is 0 Å². The van der Waals surface area contributed by atoms with Crippen LogP contribution in [-0.2, 0) is 4.79 Å². The number of hydrogen-bond acceptors (Lipinski definition) is 1. The van der Waals surface area contributed by atoms with Gasteiger partial charge in [-0.05, 0) is 41.9 Å². The summed E-state index contributed by atoms with van der Waals surface area (Å²) in [4.78, 5) is 11.9. The van der Waals surface area contributed by atoms with Crippen LogP contribution < -0.4 is 0 Å². The fourth-order valence-electron chi connectivity index (χ4n) is 3.94. The zero-order chi connectivity index (χ0) is 12.1. The lowest BCUT2D eigenvalue weighted by Gasteiger charge is -2.55. The van der Waals surface area contributed by atoms with Crippen LogP contribution >= 0.6 is 0 Å². The van der Waals surface area contributed by atoms with Crippen LogP contribution in [0.1, 0.15) is 60.3 Å². The fraction of sp³-hybridized carbons (Fsp3) is 0.933. The van der Waals surface area contributed by atoms with E-state index in [1.54, 1.807) is 0 Å². The van der Waals surface area contributed by atoms with Crippen molar-refractivity contribution in [2.45, 2.75) is 60.3 Å². The lowest BCUT2D eigenvalue weighted by molar-refractivity contribution is -0.136. The van der Waals surface area contributed by atoms with Crippen LogP contribution in [0.15, 0.2) is 0 Å². The van der Waals surface area contributed by atoms with Gasteiger partial charge >= 0.3 is 0 Å². The molecule has 2 rings (SSSR count). The predicted octanol–water partition coefficient (Wildman–Crippen LogP) is 4.06. The molecule has 0 aromatic rings. The lowest BCUT2D eigenvalue weighted by atomic mass is 9.50. The Morgan fingerprint density at radius 3 is 2.06 bits per heavy atom. The van der Waals surface area contributed by atoms with E-state index in [1.807, 2.05) is 0 Å². The Morgan fingerprint density at radius 1 is 1.00 bits per heavy atom. The zero-order valence-electron chi connectivity index (χ0n) is 11.5. The molecule has 0 aromatic carbocycles. The molecule has 16 heavy (non-hydrogen) atoms. The third-order valence-electron chi connectivity index (χ3n) is 5.49. The van der Waals surface area contributed by atoms with E-state index in [0.717, 1.165) is 18.8 Å². The predicted molar refractivity (Wildman–Crippen MR) is 67.2 cm³/mol. The summed E-state index contributed by atoms with van der Waals surface area (Å²) in [7, 11) is 0. The van der Waals surface area contributed by atoms with E-state index in [9.17, 15) is 4.79 Å². The number of fused-ring (bicyclic) bond motifs is 1. The van der Waals surface area contributed by atoms with Crippen molar-refractivity contribution in [3.8, 4) is 0 Å². The molecule has 2 aliphatic rings. The molecule has 0 aliphatic heterocycles. The first-order valence-corrected chi connectivity index (χ1v) is 6.77. The van der Waals surface area contributed by atoms with Gasteiger partial charge in [0.25, 0.3) is 0 Å². The molecule has 0 heterocycles. The molecular weight excluding hydrogens is 196 g/mol. The average molecular weight is 222 g/mol. The van der Waals surface area contributed by atoms with Crippen molar-refractivity contribution in [2.75, 3.05) is 0 Å². The van der Waals surface area contributed by atoms with Gasteiger partial charge in [-0.15, -0.1) is 0 Å². The van der Waals surface area contributed by atoms with E-state index in [1.165, 1.54) is 12.8 Å². The minimum Gasteiger partial charge on any atom is -0.299 e. The van der Waals surface area contributed by atoms with Crippen molar-refractivity contribution in [2.24, 2.45) is 28.6 Å². The molecule has 2 saturated carbocycles. The summed E-state index contributed by atoms with van der Waals surface area (Å²) < 4.78 is 0. The highest BCUT2D eigenvalue weighted by atomic mass is 16.1. The molecule has 0 spiro atoms. The third-order valence-corrected chi connectivity index (χ3v) is 5.49. The molecule has 1 heteroatoms. The van der Waals surface area contributed by atoms with Gasteiger partial charge in [-0.25, -0.2) is 0 Å². The van der Waals surface area contributed by atoms with Crippen molar-refractivity contribution in [1.29, 1.82) is 0 Å². The molecule has 0 amide bonds. The van der Waals surface area contributed by atoms with E-state index in [0.29, 0.717) is 28.4 Å². The van der Waals surface area contributed by atoms with Crippen molar-refractivity contribution in [1.82, 2.24) is 0 Å². The molecule has 0 aromatic heterocycles. The first kappa shape index (κ1) is 12.1. The average Bonchev–Trinajstić information content (AvgIpc) is 2.17. The standard InChI is InChI=1S/C15H26O/c1-10-8-11-12(9-13(10)16)15(4,5)7-6-14(11,2)3/h10-12H,6-9H2,1-5H3/t10-,11+,12+/m0/s1. The molecule has 92 valence electrons. The fourth-order valence-corrected chi connectivity index (χ4v) is 3.94. The smallest absolute Gasteiger partial charge is 0.136 e. The van der Waals surface area contributed by atoms with Gasteiger partial charge in [0.05, 0.1) is 0 Å². The van der Waals surface area contributed by atoms with Crippen molar-refractivity contribution >= 4 is 5.78 Å². The van der Waals surface area contributed by atoms with Crippen LogP contribution in [0.5, 0.6) is 0 Å². The maximum Gasteiger partial charge on any atom is 0.136 e. The molecule has 2 aliphatic carbocycles. The summed E-state index contributed by atoms with van der Waals surface area (Å²) in [6, 6.07) is 0. The minimum absolute atomic E-state index is 0.300. The van der Waals surface area contributed by atoms with Gasteiger partial charge in [0.1, 0.15) is 5.78 Å². The SMILES string of the molecule is C[C@H]1C[C@@H]2[C@@H](CC1=O)C(C)(C)CCC2(C)C. The quantitative estimate of drug-likeness (QED) is 0.604. The number of carbonyl (C=O) groups is 1. The molecule has 0 bridgehead atoms. The molecule has 0 radical (unpaired) electrons. The highest BCUT2D eigenvalue weighted by Gasteiger charge is 2.51. The van der Waals surface area contributed by atoms with Gasteiger partial charge in [-0.3, -0.25) is 4.79 Å². The topological polar surface area (TPSA) is 17.1 Å². The van der Waals surface area contributed by atoms with Crippen molar-refractivity contribution in [3.63, 3.8) is 0 Å². The number of Topliss-reactive ketones (excluding diaryl/α,β-unsaturated/α-hetero) is 1. The number of rotatable bonds is 0. The summed E-state index contributed by atoms with van der Waals surface area (Å²) in [5.74, 6) is 2.19. The highest BCUT2D eigenvalue weighted by Crippen LogP contribution is 2.57. The number of ketones is 1. The van der Waals surface area contributed by atoms with Crippen LogP contribution in [0, 0.1) is 28.6 Å². The molecule has 3 atom stereocenters. The largest absolute Gasteiger partial charge is 0.299 e. The van der Waals surface area contributed by atoms with Gasteiger partial charge in [-0.2, -0.15) is 0 Å². The Labute approximate surface area is 100.0 Å². The van der Waals surface area contributed by atoms with Gasteiger partial charge in [0.15, 0.2) is 0 Å². The third kappa shape index (κ3) is 1.83. The summed E-state index contributed by atoms with van der Waals surface area (Å²) in [6.07, 6.45) is 4.56. The van der Waals surface area contributed by atoms with Crippen LogP contribution in [0.2, 0.25) is 0 Å². The van der Waals surface area contributed by atoms with Crippen LogP contribution in [0.25, 0.3) is 0 Å². The number of hydrogen-bond donors (Lipinski definition) is 0. The first-order valence-electron chi connectivity index (χ1n) is 6.77. The normalized spacial score (nSPS) is 41.6. The van der Waals surface area contributed by atoms with E-state index in [4.69, 9.17) is 0 Å². The molecule has 1 nitrogen and oxygen atoms in total.